The van der Waals surface area contributed by atoms with E-state index in [1.807, 2.05) is 24.3 Å². The topological polar surface area (TPSA) is 81.2 Å². The predicted molar refractivity (Wildman–Crippen MR) is 206 cm³/mol. The highest BCUT2D eigenvalue weighted by Crippen LogP contribution is 2.42. The number of hydrogen-bond acceptors (Lipinski definition) is 3. The minimum atomic E-state index is -0.138. The summed E-state index contributed by atoms with van der Waals surface area (Å²) in [4.78, 5) is 0. The number of para-hydroxylation sites is 3. The van der Waals surface area contributed by atoms with Crippen molar-refractivity contribution in [3.05, 3.63) is 143 Å². The number of rotatable bonds is 8. The van der Waals surface area contributed by atoms with E-state index in [-0.39, 0.29) is 17.9 Å². The van der Waals surface area contributed by atoms with Gasteiger partial charge in [0.2, 0.25) is 0 Å². The van der Waals surface area contributed by atoms with Gasteiger partial charge in [-0.1, -0.05) is 86.7 Å². The van der Waals surface area contributed by atoms with E-state index in [0.717, 1.165) is 58.4 Å². The van der Waals surface area contributed by atoms with Gasteiger partial charge in [-0.3, -0.25) is 0 Å². The molecule has 7 aromatic rings. The van der Waals surface area contributed by atoms with Crippen molar-refractivity contribution >= 4 is 38.8 Å². The maximum Gasteiger partial charge on any atom is 0.0992 e. The molecule has 5 aromatic carbocycles. The maximum atomic E-state index is 10.0. The summed E-state index contributed by atoms with van der Waals surface area (Å²) in [6.45, 7) is 4.53. The Morgan fingerprint density at radius 2 is 1.39 bits per heavy atom. The van der Waals surface area contributed by atoms with Crippen LogP contribution in [0.1, 0.15) is 73.0 Å². The van der Waals surface area contributed by atoms with E-state index >= 15 is 0 Å². The van der Waals surface area contributed by atoms with E-state index in [4.69, 9.17) is 0 Å². The number of benzene rings is 5. The molecule has 2 heterocycles. The Morgan fingerprint density at radius 3 is 2.18 bits per heavy atom. The summed E-state index contributed by atoms with van der Waals surface area (Å²) in [7, 11) is 0. The lowest BCUT2D eigenvalue weighted by Crippen LogP contribution is -2.10. The van der Waals surface area contributed by atoms with Crippen LogP contribution in [0.3, 0.4) is 0 Å². The van der Waals surface area contributed by atoms with Crippen LogP contribution in [0.5, 0.6) is 0 Å². The van der Waals surface area contributed by atoms with Gasteiger partial charge >= 0.3 is 0 Å². The van der Waals surface area contributed by atoms with Crippen LogP contribution in [0.15, 0.2) is 115 Å². The Labute approximate surface area is 298 Å². The molecule has 0 fully saturated rings. The molecule has 1 aliphatic rings. The molecule has 0 N–H and O–H groups in total. The van der Waals surface area contributed by atoms with Crippen LogP contribution in [-0.4, -0.2) is 9.13 Å². The van der Waals surface area contributed by atoms with Crippen LogP contribution in [-0.2, 0) is 6.42 Å². The Morgan fingerprint density at radius 1 is 0.706 bits per heavy atom. The first kappa shape index (κ1) is 31.9. The van der Waals surface area contributed by atoms with Crippen LogP contribution in [0.2, 0.25) is 0 Å². The highest BCUT2D eigenvalue weighted by molar-refractivity contribution is 6.08. The SMILES string of the molecule is CCC(CCC(C)c1cc(C#N)ccc1-c1ccccc1-n1c2c(c3ccccc31)CC(C#N)C=C2)n1c2ccccc2c2ccc(C#N)cc21. The second-order valence-electron chi connectivity index (χ2n) is 13.7. The highest BCUT2D eigenvalue weighted by Gasteiger charge is 2.25. The first-order chi connectivity index (χ1) is 25.0. The van der Waals surface area contributed by atoms with E-state index in [2.05, 4.69) is 138 Å². The molecule has 0 amide bonds. The molecule has 0 saturated carbocycles. The summed E-state index contributed by atoms with van der Waals surface area (Å²) >= 11 is 0. The zero-order valence-corrected chi connectivity index (χ0v) is 28.8. The van der Waals surface area contributed by atoms with Crippen molar-refractivity contribution in [1.29, 1.82) is 15.8 Å². The second-order valence-corrected chi connectivity index (χ2v) is 13.7. The van der Waals surface area contributed by atoms with Crippen LogP contribution >= 0.6 is 0 Å². The molecule has 5 nitrogen and oxygen atoms in total. The predicted octanol–water partition coefficient (Wildman–Crippen LogP) is 11.4. The molecule has 246 valence electrons. The zero-order chi connectivity index (χ0) is 35.1. The first-order valence-corrected chi connectivity index (χ1v) is 17.8. The third kappa shape index (κ3) is 5.38. The monoisotopic (exact) mass is 659 g/mol. The van der Waals surface area contributed by atoms with Crippen molar-refractivity contribution in [2.24, 2.45) is 5.92 Å². The fourth-order valence-corrected chi connectivity index (χ4v) is 8.32. The summed E-state index contributed by atoms with van der Waals surface area (Å²) in [6, 6.07) is 45.2. The van der Waals surface area contributed by atoms with Crippen LogP contribution < -0.4 is 0 Å². The minimum absolute atomic E-state index is 0.138. The van der Waals surface area contributed by atoms with Crippen molar-refractivity contribution in [3.8, 4) is 35.0 Å². The number of allylic oxidation sites excluding steroid dienone is 1. The van der Waals surface area contributed by atoms with Gasteiger partial charge < -0.3 is 9.13 Å². The van der Waals surface area contributed by atoms with Crippen molar-refractivity contribution in [2.45, 2.75) is 51.5 Å². The molecule has 8 rings (SSSR count). The molecule has 0 spiro atoms. The molecule has 0 bridgehead atoms. The lowest BCUT2D eigenvalue weighted by atomic mass is 9.86. The average molecular weight is 660 g/mol. The van der Waals surface area contributed by atoms with Crippen LogP contribution in [0, 0.1) is 39.9 Å². The molecular formula is C46H37N5. The normalized spacial score (nSPS) is 14.9. The quantitative estimate of drug-likeness (QED) is 0.163. The third-order valence-electron chi connectivity index (χ3n) is 10.9. The summed E-state index contributed by atoms with van der Waals surface area (Å²) < 4.78 is 4.80. The lowest BCUT2D eigenvalue weighted by molar-refractivity contribution is 0.442. The largest absolute Gasteiger partial charge is 0.337 e. The Bertz CT molecular complexity index is 2630. The molecule has 2 aromatic heterocycles. The van der Waals surface area contributed by atoms with Gasteiger partial charge in [-0.2, -0.15) is 15.8 Å². The molecule has 0 aliphatic heterocycles. The number of aromatic nitrogens is 2. The summed E-state index contributed by atoms with van der Waals surface area (Å²) in [5, 5.41) is 33.1. The van der Waals surface area contributed by atoms with Crippen molar-refractivity contribution < 1.29 is 0 Å². The third-order valence-corrected chi connectivity index (χ3v) is 10.9. The van der Waals surface area contributed by atoms with Gasteiger partial charge in [-0.05, 0) is 96.8 Å². The summed E-state index contributed by atoms with van der Waals surface area (Å²) in [5.41, 5.74) is 11.6. The van der Waals surface area contributed by atoms with E-state index in [1.54, 1.807) is 0 Å². The van der Waals surface area contributed by atoms with Crippen molar-refractivity contribution in [2.75, 3.05) is 0 Å². The van der Waals surface area contributed by atoms with Crippen molar-refractivity contribution in [3.63, 3.8) is 0 Å². The van der Waals surface area contributed by atoms with Gasteiger partial charge in [0.25, 0.3) is 0 Å². The molecule has 51 heavy (non-hydrogen) atoms. The van der Waals surface area contributed by atoms with E-state index in [9.17, 15) is 15.8 Å². The lowest BCUT2D eigenvalue weighted by Gasteiger charge is -2.24. The van der Waals surface area contributed by atoms with E-state index in [1.165, 1.54) is 27.2 Å². The smallest absolute Gasteiger partial charge is 0.0992 e. The molecule has 0 saturated heterocycles. The molecule has 0 radical (unpaired) electrons. The highest BCUT2D eigenvalue weighted by atomic mass is 15.0. The van der Waals surface area contributed by atoms with Gasteiger partial charge in [0, 0.05) is 39.0 Å². The zero-order valence-electron chi connectivity index (χ0n) is 28.8. The average Bonchev–Trinajstić information content (AvgIpc) is 3.69. The Kier molecular flexibility index (Phi) is 8.23. The van der Waals surface area contributed by atoms with Crippen LogP contribution in [0.25, 0.3) is 55.6 Å². The fraction of sp³-hybridized carbons (Fsp3) is 0.196. The molecule has 3 unspecified atom stereocenters. The Balaban J connectivity index is 1.20. The van der Waals surface area contributed by atoms with Crippen molar-refractivity contribution in [1.82, 2.24) is 9.13 Å². The standard InChI is InChI=1S/C46H37N5/c1-3-34(50-42-13-7-5-11-37(42)39-22-18-33(29-49)26-46(39)50)20-16-30(2)40-24-31(27-47)17-21-35(40)36-10-4-8-14-43(36)51-44-15-9-6-12-38(44)41-25-32(28-48)19-23-45(41)51/h4-15,17-19,21-24,26,30,32,34H,3,16,20,25H2,1-2H3. The fourth-order valence-electron chi connectivity index (χ4n) is 8.32. The minimum Gasteiger partial charge on any atom is -0.337 e. The first-order valence-electron chi connectivity index (χ1n) is 17.8. The number of nitriles is 3. The Hall–Kier alpha value is -6.35. The molecule has 3 atom stereocenters. The van der Waals surface area contributed by atoms with Gasteiger partial charge in [0.05, 0.1) is 52.0 Å². The van der Waals surface area contributed by atoms with Gasteiger partial charge in [0.1, 0.15) is 0 Å². The van der Waals surface area contributed by atoms with Gasteiger partial charge in [0.15, 0.2) is 0 Å². The summed E-state index contributed by atoms with van der Waals surface area (Å²) in [6.07, 6.45) is 7.66. The second kappa shape index (κ2) is 13.2. The van der Waals surface area contributed by atoms with Gasteiger partial charge in [-0.15, -0.1) is 0 Å². The van der Waals surface area contributed by atoms with E-state index < -0.39 is 0 Å². The number of nitrogens with zero attached hydrogens (tertiary/aromatic N) is 5. The molecule has 1 aliphatic carbocycles. The number of fused-ring (bicyclic) bond motifs is 6. The molecular weight excluding hydrogens is 623 g/mol. The van der Waals surface area contributed by atoms with E-state index in [0.29, 0.717) is 17.5 Å². The number of hydrogen-bond donors (Lipinski definition) is 0. The maximum absolute atomic E-state index is 10.0. The molecule has 5 heteroatoms. The van der Waals surface area contributed by atoms with Crippen LogP contribution in [0.4, 0.5) is 0 Å². The summed E-state index contributed by atoms with van der Waals surface area (Å²) in [5.74, 6) is 0.0330. The van der Waals surface area contributed by atoms with Gasteiger partial charge in [-0.25, -0.2) is 0 Å².